The highest BCUT2D eigenvalue weighted by atomic mass is 79.9. The van der Waals surface area contributed by atoms with Crippen molar-refractivity contribution in [3.05, 3.63) is 28.3 Å². The zero-order chi connectivity index (χ0) is 13.7. The average molecular weight is 344 g/mol. The molecule has 7 heteroatoms. The van der Waals surface area contributed by atoms with Crippen molar-refractivity contribution in [2.45, 2.75) is 18.4 Å². The van der Waals surface area contributed by atoms with Crippen LogP contribution in [0.2, 0.25) is 5.02 Å². The molecule has 3 nitrogen and oxygen atoms in total. The van der Waals surface area contributed by atoms with Crippen LogP contribution in [0.5, 0.6) is 5.75 Å². The van der Waals surface area contributed by atoms with Gasteiger partial charge in [0.05, 0.1) is 13.5 Å². The molecule has 0 radical (unpaired) electrons. The zero-order valence-corrected chi connectivity index (χ0v) is 11.7. The van der Waals surface area contributed by atoms with Crippen molar-refractivity contribution in [1.29, 1.82) is 0 Å². The third kappa shape index (κ3) is 4.10. The highest BCUT2D eigenvalue weighted by Gasteiger charge is 2.16. The lowest BCUT2D eigenvalue weighted by Gasteiger charge is -2.13. The first kappa shape index (κ1) is 15.2. The Labute approximate surface area is 116 Å². The lowest BCUT2D eigenvalue weighted by atomic mass is 10.0. The van der Waals surface area contributed by atoms with E-state index in [0.29, 0.717) is 11.1 Å². The SMILES string of the molecule is COC(=O)Cc1cc(Cl)cc(OC(F)F)c1CBr. The number of halogens is 4. The molecule has 100 valence electrons. The molecule has 1 aromatic carbocycles. The van der Waals surface area contributed by atoms with Crippen LogP contribution < -0.4 is 4.74 Å². The molecule has 0 unspecified atom stereocenters. The Morgan fingerprint density at radius 1 is 1.50 bits per heavy atom. The molecule has 0 aliphatic carbocycles. The summed E-state index contributed by atoms with van der Waals surface area (Å²) in [5.41, 5.74) is 0.937. The van der Waals surface area contributed by atoms with E-state index in [1.54, 1.807) is 0 Å². The van der Waals surface area contributed by atoms with E-state index >= 15 is 0 Å². The van der Waals surface area contributed by atoms with Crippen molar-refractivity contribution in [3.63, 3.8) is 0 Å². The number of carbonyl (C=O) groups excluding carboxylic acids is 1. The van der Waals surface area contributed by atoms with Crippen LogP contribution in [0.4, 0.5) is 8.78 Å². The summed E-state index contributed by atoms with van der Waals surface area (Å²) in [6, 6.07) is 2.80. The smallest absolute Gasteiger partial charge is 0.387 e. The molecule has 0 aromatic heterocycles. The summed E-state index contributed by atoms with van der Waals surface area (Å²) in [5.74, 6) is -0.532. The number of rotatable bonds is 5. The second-order valence-electron chi connectivity index (χ2n) is 3.31. The maximum absolute atomic E-state index is 12.3. The van der Waals surface area contributed by atoms with Crippen LogP contribution in [0.15, 0.2) is 12.1 Å². The number of carbonyl (C=O) groups is 1. The molecule has 0 bridgehead atoms. The second-order valence-corrected chi connectivity index (χ2v) is 4.30. The molecule has 0 fully saturated rings. The van der Waals surface area contributed by atoms with Crippen molar-refractivity contribution in [2.75, 3.05) is 7.11 Å². The standard InChI is InChI=1S/C11H10BrClF2O3/c1-17-10(16)3-6-2-7(13)4-9(8(6)5-12)18-11(14)15/h2,4,11H,3,5H2,1H3. The van der Waals surface area contributed by atoms with Gasteiger partial charge in [0.2, 0.25) is 0 Å². The summed E-state index contributed by atoms with van der Waals surface area (Å²) in [4.78, 5) is 11.2. The number of hydrogen-bond donors (Lipinski definition) is 0. The molecule has 1 aromatic rings. The minimum Gasteiger partial charge on any atom is -0.469 e. The highest BCUT2D eigenvalue weighted by molar-refractivity contribution is 9.08. The maximum atomic E-state index is 12.3. The van der Waals surface area contributed by atoms with Gasteiger partial charge in [-0.05, 0) is 17.7 Å². The number of alkyl halides is 3. The van der Waals surface area contributed by atoms with Crippen LogP contribution in [-0.2, 0) is 21.3 Å². The summed E-state index contributed by atoms with van der Waals surface area (Å²) < 4.78 is 33.4. The second kappa shape index (κ2) is 6.89. The number of methoxy groups -OCH3 is 1. The Morgan fingerprint density at radius 2 is 2.17 bits per heavy atom. The van der Waals surface area contributed by atoms with Crippen LogP contribution in [0.1, 0.15) is 11.1 Å². The van der Waals surface area contributed by atoms with Gasteiger partial charge in [-0.2, -0.15) is 8.78 Å². The van der Waals surface area contributed by atoms with Gasteiger partial charge in [0.25, 0.3) is 0 Å². The first-order valence-corrected chi connectivity index (χ1v) is 6.36. The molecule has 1 rings (SSSR count). The molecule has 18 heavy (non-hydrogen) atoms. The Kier molecular flexibility index (Phi) is 5.81. The molecule has 0 spiro atoms. The van der Waals surface area contributed by atoms with E-state index in [2.05, 4.69) is 25.4 Å². The van der Waals surface area contributed by atoms with Gasteiger partial charge in [0.15, 0.2) is 0 Å². The van der Waals surface area contributed by atoms with Crippen LogP contribution >= 0.6 is 27.5 Å². The molecule has 0 aliphatic heterocycles. The minimum atomic E-state index is -2.95. The summed E-state index contributed by atoms with van der Waals surface area (Å²) in [6.07, 6.45) is -0.0579. The average Bonchev–Trinajstić information content (AvgIpc) is 2.27. The topological polar surface area (TPSA) is 35.5 Å². The third-order valence-electron chi connectivity index (χ3n) is 2.18. The van der Waals surface area contributed by atoms with Gasteiger partial charge in [-0.1, -0.05) is 27.5 Å². The fourth-order valence-electron chi connectivity index (χ4n) is 1.40. The van der Waals surface area contributed by atoms with Gasteiger partial charge in [0, 0.05) is 15.9 Å². The predicted molar refractivity (Wildman–Crippen MR) is 66.4 cm³/mol. The number of ether oxygens (including phenoxy) is 2. The summed E-state index contributed by atoms with van der Waals surface area (Å²) >= 11 is 8.96. The Balaban J connectivity index is 3.15. The number of hydrogen-bond acceptors (Lipinski definition) is 3. The van der Waals surface area contributed by atoms with Crippen molar-refractivity contribution in [3.8, 4) is 5.75 Å². The predicted octanol–water partition coefficient (Wildman–Crippen LogP) is 3.55. The van der Waals surface area contributed by atoms with Crippen molar-refractivity contribution < 1.29 is 23.0 Å². The monoisotopic (exact) mass is 342 g/mol. The molecule has 0 saturated heterocycles. The fourth-order valence-corrected chi connectivity index (χ4v) is 2.27. The summed E-state index contributed by atoms with van der Waals surface area (Å²) in [6.45, 7) is -2.95. The maximum Gasteiger partial charge on any atom is 0.387 e. The van der Waals surface area contributed by atoms with Crippen LogP contribution in [0.25, 0.3) is 0 Å². The van der Waals surface area contributed by atoms with Gasteiger partial charge in [-0.25, -0.2) is 0 Å². The van der Waals surface area contributed by atoms with Gasteiger partial charge in [-0.3, -0.25) is 4.79 Å². The lowest BCUT2D eigenvalue weighted by Crippen LogP contribution is -2.09. The first-order valence-electron chi connectivity index (χ1n) is 4.86. The molecule has 0 saturated carbocycles. The first-order chi connectivity index (χ1) is 8.47. The number of esters is 1. The largest absolute Gasteiger partial charge is 0.469 e. The normalized spacial score (nSPS) is 10.6. The van der Waals surface area contributed by atoms with Gasteiger partial charge in [-0.15, -0.1) is 0 Å². The molecule has 0 amide bonds. The highest BCUT2D eigenvalue weighted by Crippen LogP contribution is 2.31. The van der Waals surface area contributed by atoms with E-state index in [9.17, 15) is 13.6 Å². The molecule has 0 atom stereocenters. The van der Waals surface area contributed by atoms with E-state index in [-0.39, 0.29) is 22.5 Å². The van der Waals surface area contributed by atoms with E-state index in [1.807, 2.05) is 0 Å². The molecular weight excluding hydrogens is 333 g/mol. The van der Waals surface area contributed by atoms with Crippen LogP contribution in [0, 0.1) is 0 Å². The van der Waals surface area contributed by atoms with Crippen molar-refractivity contribution >= 4 is 33.5 Å². The molecule has 0 N–H and O–H groups in total. The molecule has 0 aliphatic rings. The quantitative estimate of drug-likeness (QED) is 0.606. The molecule has 0 heterocycles. The van der Waals surface area contributed by atoms with Gasteiger partial charge in [0.1, 0.15) is 5.75 Å². The fraction of sp³-hybridized carbons (Fsp3) is 0.364. The Hall–Kier alpha value is -0.880. The van der Waals surface area contributed by atoms with Crippen molar-refractivity contribution in [2.24, 2.45) is 0 Å². The zero-order valence-electron chi connectivity index (χ0n) is 9.38. The molecular formula is C11H10BrClF2O3. The Bertz CT molecular complexity index is 441. The Morgan fingerprint density at radius 3 is 2.67 bits per heavy atom. The van der Waals surface area contributed by atoms with Crippen LogP contribution in [-0.4, -0.2) is 19.7 Å². The van der Waals surface area contributed by atoms with E-state index in [4.69, 9.17) is 11.6 Å². The van der Waals surface area contributed by atoms with Gasteiger partial charge < -0.3 is 9.47 Å². The van der Waals surface area contributed by atoms with Gasteiger partial charge >= 0.3 is 12.6 Å². The summed E-state index contributed by atoms with van der Waals surface area (Å²) in [5, 5.41) is 0.479. The lowest BCUT2D eigenvalue weighted by molar-refractivity contribution is -0.139. The van der Waals surface area contributed by atoms with E-state index in [0.717, 1.165) is 0 Å². The summed E-state index contributed by atoms with van der Waals surface area (Å²) in [7, 11) is 1.25. The van der Waals surface area contributed by atoms with Crippen LogP contribution in [0.3, 0.4) is 0 Å². The van der Waals surface area contributed by atoms with Crippen molar-refractivity contribution in [1.82, 2.24) is 0 Å². The van der Waals surface area contributed by atoms with E-state index < -0.39 is 12.6 Å². The number of benzene rings is 1. The van der Waals surface area contributed by atoms with E-state index in [1.165, 1.54) is 19.2 Å². The third-order valence-corrected chi connectivity index (χ3v) is 2.96. The minimum absolute atomic E-state index is 0.0479.